The Morgan fingerprint density at radius 3 is 2.52 bits per heavy atom. The number of nitrogens with zero attached hydrogens (tertiary/aromatic N) is 2. The number of hydrogen-bond donors (Lipinski definition) is 1. The molecule has 6 heteroatoms. The number of benzene rings is 2. The van der Waals surface area contributed by atoms with Crippen LogP contribution in [0.3, 0.4) is 0 Å². The Labute approximate surface area is 149 Å². The summed E-state index contributed by atoms with van der Waals surface area (Å²) in [4.78, 5) is 2.01. The molecule has 4 rings (SSSR count). The van der Waals surface area contributed by atoms with Gasteiger partial charge >= 0.3 is 0 Å². The number of hydrazone groups is 1. The quantitative estimate of drug-likeness (QED) is 0.881. The van der Waals surface area contributed by atoms with Crippen molar-refractivity contribution < 1.29 is 9.13 Å². The van der Waals surface area contributed by atoms with E-state index in [1.165, 1.54) is 23.9 Å². The third kappa shape index (κ3) is 3.13. The van der Waals surface area contributed by atoms with E-state index in [1.807, 2.05) is 47.7 Å². The Kier molecular flexibility index (Phi) is 4.19. The van der Waals surface area contributed by atoms with Gasteiger partial charge < -0.3 is 4.74 Å². The fourth-order valence-electron chi connectivity index (χ4n) is 2.66. The second-order valence-electron chi connectivity index (χ2n) is 5.50. The van der Waals surface area contributed by atoms with Crippen molar-refractivity contribution in [2.75, 3.05) is 6.61 Å². The zero-order valence-corrected chi connectivity index (χ0v) is 14.4. The summed E-state index contributed by atoms with van der Waals surface area (Å²) in [5, 5.41) is 7.29. The van der Waals surface area contributed by atoms with E-state index in [-0.39, 0.29) is 5.82 Å². The van der Waals surface area contributed by atoms with Gasteiger partial charge in [-0.15, -0.1) is 5.10 Å². The molecule has 2 aromatic rings. The van der Waals surface area contributed by atoms with E-state index in [1.54, 1.807) is 12.1 Å². The van der Waals surface area contributed by atoms with Gasteiger partial charge in [0.1, 0.15) is 11.6 Å². The summed E-state index contributed by atoms with van der Waals surface area (Å²) in [5.41, 5.74) is 6.93. The Balaban J connectivity index is 1.61. The molecule has 2 aliphatic rings. The van der Waals surface area contributed by atoms with Crippen molar-refractivity contribution in [1.82, 2.24) is 10.3 Å². The van der Waals surface area contributed by atoms with E-state index < -0.39 is 0 Å². The van der Waals surface area contributed by atoms with Gasteiger partial charge in [0.15, 0.2) is 5.17 Å². The van der Waals surface area contributed by atoms with Crippen LogP contribution in [0.4, 0.5) is 4.39 Å². The lowest BCUT2D eigenvalue weighted by molar-refractivity contribution is 0.340. The van der Waals surface area contributed by atoms with E-state index in [4.69, 9.17) is 4.74 Å². The predicted octanol–water partition coefficient (Wildman–Crippen LogP) is 4.44. The maximum atomic E-state index is 13.2. The first-order valence-electron chi connectivity index (χ1n) is 7.95. The molecule has 4 nitrogen and oxygen atoms in total. The second-order valence-corrected chi connectivity index (χ2v) is 6.34. The number of rotatable bonds is 4. The fourth-order valence-corrected chi connectivity index (χ4v) is 3.49. The molecule has 0 amide bonds. The molecule has 0 aromatic heterocycles. The third-order valence-electron chi connectivity index (χ3n) is 3.89. The van der Waals surface area contributed by atoms with E-state index in [0.717, 1.165) is 33.4 Å². The number of nitrogens with one attached hydrogen (secondary N) is 1. The Morgan fingerprint density at radius 2 is 1.80 bits per heavy atom. The highest BCUT2D eigenvalue weighted by Gasteiger charge is 2.26. The number of halogens is 1. The number of amidine groups is 1. The molecular weight excluding hydrogens is 337 g/mol. The number of ether oxygens (including phenoxy) is 1. The van der Waals surface area contributed by atoms with E-state index >= 15 is 0 Å². The number of fused-ring (bicyclic) bond motifs is 1. The van der Waals surface area contributed by atoms with Crippen molar-refractivity contribution >= 4 is 28.3 Å². The van der Waals surface area contributed by atoms with Crippen molar-refractivity contribution in [2.24, 2.45) is 5.10 Å². The molecule has 2 aromatic carbocycles. The van der Waals surface area contributed by atoms with Crippen LogP contribution in [0, 0.1) is 5.82 Å². The zero-order chi connectivity index (χ0) is 17.2. The van der Waals surface area contributed by atoms with Crippen molar-refractivity contribution in [2.45, 2.75) is 6.92 Å². The molecule has 0 atom stereocenters. The summed E-state index contributed by atoms with van der Waals surface area (Å²) >= 11 is 1.53. The first kappa shape index (κ1) is 15.8. The first-order valence-corrected chi connectivity index (χ1v) is 8.83. The zero-order valence-electron chi connectivity index (χ0n) is 13.6. The molecule has 0 fully saturated rings. The van der Waals surface area contributed by atoms with Crippen LogP contribution >= 0.6 is 11.8 Å². The van der Waals surface area contributed by atoms with Gasteiger partial charge in [0.25, 0.3) is 0 Å². The molecule has 0 radical (unpaired) electrons. The molecule has 2 heterocycles. The molecule has 0 unspecified atom stereocenters. The average molecular weight is 353 g/mol. The molecule has 2 aliphatic heterocycles. The summed E-state index contributed by atoms with van der Waals surface area (Å²) in [5.74, 6) is 0.602. The van der Waals surface area contributed by atoms with Crippen LogP contribution in [0.25, 0.3) is 11.4 Å². The van der Waals surface area contributed by atoms with Gasteiger partial charge in [-0.05, 0) is 61.0 Å². The van der Waals surface area contributed by atoms with Gasteiger partial charge in [-0.3, -0.25) is 10.3 Å². The van der Waals surface area contributed by atoms with Crippen molar-refractivity contribution in [1.29, 1.82) is 0 Å². The normalized spacial score (nSPS) is 15.8. The van der Waals surface area contributed by atoms with Crippen LogP contribution in [-0.2, 0) is 0 Å². The number of thioether (sulfide) groups is 1. The standard InChI is InChI=1S/C19H16FN3OS/c1-2-24-16-9-5-13(6-10-16)17-11-23-18(12-25-19(23)22-21-17)14-3-7-15(20)8-4-14/h3-12,21H,2H2,1H3. The van der Waals surface area contributed by atoms with Gasteiger partial charge in [-0.1, -0.05) is 11.8 Å². The van der Waals surface area contributed by atoms with Crippen LogP contribution < -0.4 is 10.2 Å². The molecule has 0 saturated heterocycles. The van der Waals surface area contributed by atoms with Gasteiger partial charge in [0.2, 0.25) is 0 Å². The number of hydrogen-bond acceptors (Lipinski definition) is 5. The smallest absolute Gasteiger partial charge is 0.196 e. The first-order chi connectivity index (χ1) is 12.2. The molecule has 0 spiro atoms. The van der Waals surface area contributed by atoms with Gasteiger partial charge in [-0.2, -0.15) is 0 Å². The minimum atomic E-state index is -0.241. The van der Waals surface area contributed by atoms with Crippen LogP contribution in [0.1, 0.15) is 18.1 Å². The lowest BCUT2D eigenvalue weighted by atomic mass is 10.1. The molecule has 1 N–H and O–H groups in total. The van der Waals surface area contributed by atoms with E-state index in [9.17, 15) is 4.39 Å². The Bertz CT molecular complexity index is 873. The summed E-state index contributed by atoms with van der Waals surface area (Å²) in [7, 11) is 0. The monoisotopic (exact) mass is 353 g/mol. The van der Waals surface area contributed by atoms with Gasteiger partial charge in [0.05, 0.1) is 18.0 Å². The Morgan fingerprint density at radius 1 is 1.08 bits per heavy atom. The maximum Gasteiger partial charge on any atom is 0.196 e. The minimum absolute atomic E-state index is 0.241. The molecule has 126 valence electrons. The molecule has 25 heavy (non-hydrogen) atoms. The lowest BCUT2D eigenvalue weighted by Crippen LogP contribution is -2.26. The third-order valence-corrected chi connectivity index (χ3v) is 4.73. The molecule has 0 saturated carbocycles. The summed E-state index contributed by atoms with van der Waals surface area (Å²) < 4.78 is 18.7. The molecule has 0 bridgehead atoms. The van der Waals surface area contributed by atoms with Crippen LogP contribution in [-0.4, -0.2) is 16.7 Å². The fraction of sp³-hybridized carbons (Fsp3) is 0.105. The predicted molar refractivity (Wildman–Crippen MR) is 100.0 cm³/mol. The Hall–Kier alpha value is -2.73. The average Bonchev–Trinajstić information content (AvgIpc) is 3.06. The highest BCUT2D eigenvalue weighted by Crippen LogP contribution is 2.36. The second kappa shape index (κ2) is 6.64. The highest BCUT2D eigenvalue weighted by atomic mass is 32.2. The van der Waals surface area contributed by atoms with Crippen molar-refractivity contribution in [3.05, 3.63) is 77.1 Å². The SMILES string of the molecule is CCOc1ccc(C2=CN3C(c4ccc(F)cc4)=CSC3=NN2)cc1. The van der Waals surface area contributed by atoms with Crippen LogP contribution in [0.2, 0.25) is 0 Å². The summed E-state index contributed by atoms with van der Waals surface area (Å²) in [6.07, 6.45) is 2.01. The van der Waals surface area contributed by atoms with E-state index in [2.05, 4.69) is 10.5 Å². The van der Waals surface area contributed by atoms with E-state index in [0.29, 0.717) is 6.61 Å². The molecule has 0 aliphatic carbocycles. The van der Waals surface area contributed by atoms with Crippen molar-refractivity contribution in [3.63, 3.8) is 0 Å². The topological polar surface area (TPSA) is 36.9 Å². The summed E-state index contributed by atoms with van der Waals surface area (Å²) in [6, 6.07) is 14.4. The van der Waals surface area contributed by atoms with Crippen LogP contribution in [0.15, 0.2) is 65.2 Å². The highest BCUT2D eigenvalue weighted by molar-refractivity contribution is 8.16. The summed E-state index contributed by atoms with van der Waals surface area (Å²) in [6.45, 7) is 2.61. The van der Waals surface area contributed by atoms with Crippen LogP contribution in [0.5, 0.6) is 5.75 Å². The van der Waals surface area contributed by atoms with Gasteiger partial charge in [-0.25, -0.2) is 4.39 Å². The largest absolute Gasteiger partial charge is 0.494 e. The minimum Gasteiger partial charge on any atom is -0.494 e. The van der Waals surface area contributed by atoms with Crippen molar-refractivity contribution in [3.8, 4) is 5.75 Å². The lowest BCUT2D eigenvalue weighted by Gasteiger charge is -2.24. The maximum absolute atomic E-state index is 13.2. The molecular formula is C19H16FN3OS. The van der Waals surface area contributed by atoms with Gasteiger partial charge in [0, 0.05) is 17.2 Å².